The minimum Gasteiger partial charge on any atom is -0.494 e. The fraction of sp³-hybridized carbons (Fsp3) is 0.429. The monoisotopic (exact) mass is 526 g/mol. The first-order valence-electron chi connectivity index (χ1n) is 10.5. The molecule has 12 nitrogen and oxygen atoms in total. The van der Waals surface area contributed by atoms with Crippen molar-refractivity contribution in [3.05, 3.63) is 47.3 Å². The minimum absolute atomic E-state index is 0.0707. The second-order valence-electron chi connectivity index (χ2n) is 7.19. The second-order valence-corrected chi connectivity index (χ2v) is 9.67. The standard InChI is InChI=1S/C21H27ClN6O6S/c1-6-34-12-17-25-26-21(28(17)18-15(31-3)8-7-9-16(18)32-4)27-35(29,30)13(2)19(33-5)20-23-10-14(22)11-24-20/h7-11,13,19H,6,12H2,1-5H3,(H,26,27)/t13-,19-/m0/s1. The summed E-state index contributed by atoms with van der Waals surface area (Å²) in [5.41, 5.74) is 0.409. The van der Waals surface area contributed by atoms with E-state index in [1.165, 1.54) is 45.2 Å². The van der Waals surface area contributed by atoms with Crippen LogP contribution in [0.3, 0.4) is 0 Å². The van der Waals surface area contributed by atoms with Crippen LogP contribution in [0.5, 0.6) is 11.5 Å². The first-order chi connectivity index (χ1) is 16.8. The molecule has 0 saturated carbocycles. The Hall–Kier alpha value is -3.00. The first-order valence-corrected chi connectivity index (χ1v) is 12.4. The molecule has 0 amide bonds. The molecule has 35 heavy (non-hydrogen) atoms. The molecule has 0 aliphatic rings. The number of hydrogen-bond acceptors (Lipinski definition) is 10. The predicted octanol–water partition coefficient (Wildman–Crippen LogP) is 2.78. The number of rotatable bonds is 12. The van der Waals surface area contributed by atoms with Gasteiger partial charge in [-0.15, -0.1) is 10.2 Å². The van der Waals surface area contributed by atoms with Gasteiger partial charge in [0.25, 0.3) is 0 Å². The van der Waals surface area contributed by atoms with Crippen molar-refractivity contribution < 1.29 is 27.4 Å². The third-order valence-corrected chi connectivity index (χ3v) is 6.98. The molecule has 3 aromatic rings. The molecule has 2 atom stereocenters. The zero-order valence-corrected chi connectivity index (χ0v) is 21.5. The molecule has 0 bridgehead atoms. The average Bonchev–Trinajstić information content (AvgIpc) is 3.24. The number of nitrogens with one attached hydrogen (secondary N) is 1. The highest BCUT2D eigenvalue weighted by Gasteiger charge is 2.35. The molecule has 190 valence electrons. The Morgan fingerprint density at radius 2 is 1.71 bits per heavy atom. The summed E-state index contributed by atoms with van der Waals surface area (Å²) in [6.45, 7) is 3.80. The molecule has 2 aromatic heterocycles. The lowest BCUT2D eigenvalue weighted by Gasteiger charge is -2.22. The van der Waals surface area contributed by atoms with Crippen LogP contribution in [0.15, 0.2) is 30.6 Å². The van der Waals surface area contributed by atoms with Gasteiger partial charge in [0.15, 0.2) is 11.6 Å². The zero-order valence-electron chi connectivity index (χ0n) is 19.9. The lowest BCUT2D eigenvalue weighted by molar-refractivity contribution is 0.0950. The maximum absolute atomic E-state index is 13.4. The van der Waals surface area contributed by atoms with E-state index in [2.05, 4.69) is 24.9 Å². The number of hydrogen-bond donors (Lipinski definition) is 1. The third-order valence-electron chi connectivity index (χ3n) is 5.09. The molecular formula is C21H27ClN6O6S. The maximum Gasteiger partial charge on any atom is 0.243 e. The SMILES string of the molecule is CCOCc1nnc(NS(=O)(=O)[C@@H](C)[C@H](OC)c2ncc(Cl)cn2)n1-c1c(OC)cccc1OC. The molecule has 0 saturated heterocycles. The van der Waals surface area contributed by atoms with Gasteiger partial charge >= 0.3 is 0 Å². The van der Waals surface area contributed by atoms with Crippen LogP contribution in [0.2, 0.25) is 5.02 Å². The summed E-state index contributed by atoms with van der Waals surface area (Å²) in [5, 5.41) is 7.41. The topological polar surface area (TPSA) is 140 Å². The Bertz CT molecular complexity index is 1220. The molecule has 14 heteroatoms. The molecule has 0 aliphatic heterocycles. The first kappa shape index (κ1) is 26.6. The summed E-state index contributed by atoms with van der Waals surface area (Å²) in [6.07, 6.45) is 1.76. The Morgan fingerprint density at radius 3 is 2.26 bits per heavy atom. The Labute approximate surface area is 208 Å². The van der Waals surface area contributed by atoms with Gasteiger partial charge in [-0.05, 0) is 26.0 Å². The fourth-order valence-corrected chi connectivity index (χ4v) is 4.54. The summed E-state index contributed by atoms with van der Waals surface area (Å²) in [6, 6.07) is 5.17. The lowest BCUT2D eigenvalue weighted by atomic mass is 10.2. The summed E-state index contributed by atoms with van der Waals surface area (Å²) in [5.74, 6) is 1.25. The number of aromatic nitrogens is 5. The van der Waals surface area contributed by atoms with E-state index in [4.69, 9.17) is 30.5 Å². The van der Waals surface area contributed by atoms with Gasteiger partial charge in [0.2, 0.25) is 16.0 Å². The van der Waals surface area contributed by atoms with Crippen LogP contribution in [0, 0.1) is 0 Å². The van der Waals surface area contributed by atoms with Crippen LogP contribution in [-0.4, -0.2) is 66.3 Å². The molecule has 0 fully saturated rings. The smallest absolute Gasteiger partial charge is 0.243 e. The van der Waals surface area contributed by atoms with Crippen molar-refractivity contribution in [2.75, 3.05) is 32.7 Å². The Balaban J connectivity index is 2.06. The van der Waals surface area contributed by atoms with Gasteiger partial charge in [-0.2, -0.15) is 0 Å². The number of para-hydroxylation sites is 1. The highest BCUT2D eigenvalue weighted by atomic mass is 35.5. The summed E-state index contributed by atoms with van der Waals surface area (Å²) in [4.78, 5) is 8.19. The van der Waals surface area contributed by atoms with Crippen molar-refractivity contribution >= 4 is 27.6 Å². The van der Waals surface area contributed by atoms with Crippen LogP contribution in [0.4, 0.5) is 5.95 Å². The van der Waals surface area contributed by atoms with E-state index in [1.807, 2.05) is 6.92 Å². The predicted molar refractivity (Wildman–Crippen MR) is 129 cm³/mol. The van der Waals surface area contributed by atoms with Crippen LogP contribution in [-0.2, 0) is 26.1 Å². The number of benzene rings is 1. The number of methoxy groups -OCH3 is 3. The number of halogens is 1. The highest BCUT2D eigenvalue weighted by molar-refractivity contribution is 7.93. The van der Waals surface area contributed by atoms with Gasteiger partial charge in [-0.25, -0.2) is 18.4 Å². The molecule has 1 N–H and O–H groups in total. The normalized spacial score (nSPS) is 13.3. The van der Waals surface area contributed by atoms with Crippen molar-refractivity contribution in [2.45, 2.75) is 31.8 Å². The number of sulfonamides is 1. The van der Waals surface area contributed by atoms with Crippen molar-refractivity contribution in [3.8, 4) is 17.2 Å². The number of ether oxygens (including phenoxy) is 4. The molecular weight excluding hydrogens is 500 g/mol. The fourth-order valence-electron chi connectivity index (χ4n) is 3.32. The maximum atomic E-state index is 13.4. The Kier molecular flexibility index (Phi) is 8.83. The van der Waals surface area contributed by atoms with Gasteiger partial charge in [-0.3, -0.25) is 9.29 Å². The molecule has 0 radical (unpaired) electrons. The van der Waals surface area contributed by atoms with E-state index >= 15 is 0 Å². The van der Waals surface area contributed by atoms with Crippen LogP contribution in [0.25, 0.3) is 5.69 Å². The zero-order chi connectivity index (χ0) is 25.6. The van der Waals surface area contributed by atoms with E-state index in [1.54, 1.807) is 18.2 Å². The molecule has 0 unspecified atom stereocenters. The van der Waals surface area contributed by atoms with E-state index in [9.17, 15) is 8.42 Å². The molecule has 0 aliphatic carbocycles. The van der Waals surface area contributed by atoms with Crippen molar-refractivity contribution in [1.82, 2.24) is 24.7 Å². The van der Waals surface area contributed by atoms with Gasteiger partial charge < -0.3 is 18.9 Å². The molecule has 2 heterocycles. The van der Waals surface area contributed by atoms with Crippen LogP contribution in [0.1, 0.15) is 31.6 Å². The van der Waals surface area contributed by atoms with Crippen molar-refractivity contribution in [1.29, 1.82) is 0 Å². The van der Waals surface area contributed by atoms with Gasteiger partial charge in [0, 0.05) is 26.1 Å². The van der Waals surface area contributed by atoms with Gasteiger partial charge in [0.05, 0.1) is 19.2 Å². The summed E-state index contributed by atoms with van der Waals surface area (Å²) < 4.78 is 52.8. The highest BCUT2D eigenvalue weighted by Crippen LogP contribution is 2.36. The van der Waals surface area contributed by atoms with E-state index in [0.717, 1.165) is 0 Å². The largest absolute Gasteiger partial charge is 0.494 e. The number of anilines is 1. The minimum atomic E-state index is -4.09. The van der Waals surface area contributed by atoms with Crippen molar-refractivity contribution in [2.24, 2.45) is 0 Å². The average molecular weight is 527 g/mol. The molecule has 3 rings (SSSR count). The van der Waals surface area contributed by atoms with E-state index in [-0.39, 0.29) is 18.4 Å². The van der Waals surface area contributed by atoms with Crippen LogP contribution >= 0.6 is 11.6 Å². The van der Waals surface area contributed by atoms with Crippen LogP contribution < -0.4 is 14.2 Å². The van der Waals surface area contributed by atoms with Crippen molar-refractivity contribution in [3.63, 3.8) is 0 Å². The summed E-state index contributed by atoms with van der Waals surface area (Å²) in [7, 11) is 0.263. The van der Waals surface area contributed by atoms with E-state index in [0.29, 0.717) is 34.6 Å². The van der Waals surface area contributed by atoms with Gasteiger partial charge in [-0.1, -0.05) is 17.7 Å². The van der Waals surface area contributed by atoms with Gasteiger partial charge in [0.1, 0.15) is 35.1 Å². The third kappa shape index (κ3) is 5.81. The summed E-state index contributed by atoms with van der Waals surface area (Å²) >= 11 is 5.85. The van der Waals surface area contributed by atoms with E-state index < -0.39 is 21.4 Å². The second kappa shape index (κ2) is 11.6. The quantitative estimate of drug-likeness (QED) is 0.374. The lowest BCUT2D eigenvalue weighted by Crippen LogP contribution is -2.33. The Morgan fingerprint density at radius 1 is 1.09 bits per heavy atom. The molecule has 0 spiro atoms. The molecule has 1 aromatic carbocycles. The number of nitrogens with zero attached hydrogens (tertiary/aromatic N) is 5.